The van der Waals surface area contributed by atoms with Crippen molar-refractivity contribution in [3.05, 3.63) is 22.7 Å². The third-order valence-corrected chi connectivity index (χ3v) is 3.56. The summed E-state index contributed by atoms with van der Waals surface area (Å²) in [6, 6.07) is 3.10. The molecule has 116 valence electrons. The first-order valence-corrected chi connectivity index (χ1v) is 7.02. The molecule has 0 spiro atoms. The number of rotatable bonds is 4. The second kappa shape index (κ2) is 7.17. The van der Waals surface area contributed by atoms with E-state index in [0.717, 1.165) is 10.5 Å². The second-order valence-electron chi connectivity index (χ2n) is 4.42. The molecule has 0 bridgehead atoms. The molecule has 0 aliphatic carbocycles. The number of nitrogens with one attached hydrogen (secondary N) is 1. The molecule has 7 heteroatoms. The number of hydrogen-bond acceptors (Lipinski definition) is 3. The summed E-state index contributed by atoms with van der Waals surface area (Å²) in [5, 5.41) is 8.00. The van der Waals surface area contributed by atoms with Gasteiger partial charge in [-0.3, -0.25) is 5.41 Å². The number of benzene rings is 1. The van der Waals surface area contributed by atoms with Gasteiger partial charge in [0, 0.05) is 13.1 Å². The van der Waals surface area contributed by atoms with E-state index < -0.39 is 0 Å². The van der Waals surface area contributed by atoms with E-state index >= 15 is 0 Å². The lowest BCUT2D eigenvalue weighted by atomic mass is 10.1. The molecule has 0 aromatic heterocycles. The van der Waals surface area contributed by atoms with Crippen LogP contribution in [-0.4, -0.2) is 37.1 Å². The fourth-order valence-corrected chi connectivity index (χ4v) is 2.40. The van der Waals surface area contributed by atoms with Gasteiger partial charge in [0.1, 0.15) is 10.8 Å². The molecular formula is C14H21ClN4O2. The summed E-state index contributed by atoms with van der Waals surface area (Å²) in [5.41, 5.74) is 6.72. The van der Waals surface area contributed by atoms with Gasteiger partial charge >= 0.3 is 6.03 Å². The van der Waals surface area contributed by atoms with Crippen molar-refractivity contribution >= 4 is 29.3 Å². The summed E-state index contributed by atoms with van der Waals surface area (Å²) in [6.07, 6.45) is 0. The highest BCUT2D eigenvalue weighted by molar-refractivity contribution is 6.36. The van der Waals surface area contributed by atoms with Crippen LogP contribution in [0.5, 0.6) is 5.75 Å². The van der Waals surface area contributed by atoms with E-state index in [-0.39, 0.29) is 17.0 Å². The Balaban J connectivity index is 3.43. The average molecular weight is 313 g/mol. The summed E-state index contributed by atoms with van der Waals surface area (Å²) < 4.78 is 5.17. The van der Waals surface area contributed by atoms with Crippen molar-refractivity contribution in [3.63, 3.8) is 0 Å². The first kappa shape index (κ1) is 17.1. The number of carbonyl (C=O) groups is 1. The van der Waals surface area contributed by atoms with Crippen LogP contribution in [0.25, 0.3) is 0 Å². The SMILES string of the molecule is CCN(CC)C(=O)N(C(=N)N)c1c(C)ccc(OC)c1Cl. The van der Waals surface area contributed by atoms with Gasteiger partial charge in [-0.05, 0) is 32.4 Å². The Kier molecular flexibility index (Phi) is 5.84. The molecule has 1 aromatic carbocycles. The van der Waals surface area contributed by atoms with Gasteiger partial charge in [-0.2, -0.15) is 0 Å². The van der Waals surface area contributed by atoms with E-state index in [1.807, 2.05) is 13.8 Å². The molecule has 0 saturated heterocycles. The minimum absolute atomic E-state index is 0.258. The van der Waals surface area contributed by atoms with Gasteiger partial charge in [0.2, 0.25) is 5.96 Å². The number of nitrogens with two attached hydrogens (primary N) is 1. The fourth-order valence-electron chi connectivity index (χ4n) is 2.03. The third kappa shape index (κ3) is 3.39. The van der Waals surface area contributed by atoms with Crippen molar-refractivity contribution in [2.45, 2.75) is 20.8 Å². The van der Waals surface area contributed by atoms with Gasteiger partial charge in [0.15, 0.2) is 0 Å². The first-order chi connectivity index (χ1) is 9.88. The molecule has 0 aliphatic rings. The van der Waals surface area contributed by atoms with Crippen molar-refractivity contribution < 1.29 is 9.53 Å². The molecule has 1 aromatic rings. The van der Waals surface area contributed by atoms with Crippen LogP contribution < -0.4 is 15.4 Å². The van der Waals surface area contributed by atoms with Crippen LogP contribution in [0.3, 0.4) is 0 Å². The third-order valence-electron chi connectivity index (χ3n) is 3.19. The van der Waals surface area contributed by atoms with Crippen molar-refractivity contribution in [1.82, 2.24) is 4.90 Å². The Morgan fingerprint density at radius 3 is 2.38 bits per heavy atom. The van der Waals surface area contributed by atoms with Crippen LogP contribution in [0.4, 0.5) is 10.5 Å². The molecule has 0 atom stereocenters. The molecule has 1 rings (SSSR count). The molecule has 0 aliphatic heterocycles. The van der Waals surface area contributed by atoms with E-state index in [0.29, 0.717) is 24.5 Å². The number of urea groups is 1. The lowest BCUT2D eigenvalue weighted by Gasteiger charge is -2.29. The van der Waals surface area contributed by atoms with Gasteiger partial charge < -0.3 is 15.4 Å². The molecule has 0 saturated carbocycles. The molecular weight excluding hydrogens is 292 g/mol. The summed E-state index contributed by atoms with van der Waals surface area (Å²) in [7, 11) is 1.49. The van der Waals surface area contributed by atoms with Crippen LogP contribution in [0.1, 0.15) is 19.4 Å². The van der Waals surface area contributed by atoms with Crippen LogP contribution in [0.2, 0.25) is 5.02 Å². The van der Waals surface area contributed by atoms with Gasteiger partial charge in [0.25, 0.3) is 0 Å². The number of carbonyl (C=O) groups excluding carboxylic acids is 1. The number of ether oxygens (including phenoxy) is 1. The lowest BCUT2D eigenvalue weighted by Crippen LogP contribution is -2.49. The number of nitrogens with zero attached hydrogens (tertiary/aromatic N) is 2. The molecule has 6 nitrogen and oxygen atoms in total. The standard InChI is InChI=1S/C14H21ClN4O2/c1-5-18(6-2)14(20)19(13(16)17)12-9(3)7-8-10(21-4)11(12)15/h7-8H,5-6H2,1-4H3,(H3,16,17). The van der Waals surface area contributed by atoms with E-state index in [1.54, 1.807) is 24.0 Å². The number of guanidine groups is 1. The maximum absolute atomic E-state index is 12.6. The zero-order valence-corrected chi connectivity index (χ0v) is 13.5. The van der Waals surface area contributed by atoms with Crippen LogP contribution in [0.15, 0.2) is 12.1 Å². The number of amides is 2. The molecule has 3 N–H and O–H groups in total. The smallest absolute Gasteiger partial charge is 0.331 e. The van der Waals surface area contributed by atoms with E-state index in [2.05, 4.69) is 0 Å². The fraction of sp³-hybridized carbons (Fsp3) is 0.429. The molecule has 0 unspecified atom stereocenters. The highest BCUT2D eigenvalue weighted by Gasteiger charge is 2.27. The predicted molar refractivity (Wildman–Crippen MR) is 85.5 cm³/mol. The predicted octanol–water partition coefficient (Wildman–Crippen LogP) is 2.82. The zero-order chi connectivity index (χ0) is 16.2. The minimum Gasteiger partial charge on any atom is -0.495 e. The van der Waals surface area contributed by atoms with Crippen molar-refractivity contribution in [2.75, 3.05) is 25.1 Å². The number of halogens is 1. The van der Waals surface area contributed by atoms with Gasteiger partial charge in [-0.1, -0.05) is 17.7 Å². The van der Waals surface area contributed by atoms with E-state index in [9.17, 15) is 4.79 Å². The Labute approximate surface area is 129 Å². The number of methoxy groups -OCH3 is 1. The largest absolute Gasteiger partial charge is 0.495 e. The van der Waals surface area contributed by atoms with E-state index in [1.165, 1.54) is 7.11 Å². The maximum Gasteiger partial charge on any atom is 0.331 e. The Morgan fingerprint density at radius 1 is 1.38 bits per heavy atom. The Bertz CT molecular complexity index is 544. The number of anilines is 1. The van der Waals surface area contributed by atoms with Gasteiger partial charge in [-0.15, -0.1) is 0 Å². The van der Waals surface area contributed by atoms with Crippen LogP contribution in [-0.2, 0) is 0 Å². The average Bonchev–Trinajstić information content (AvgIpc) is 2.44. The lowest BCUT2D eigenvalue weighted by molar-refractivity contribution is 0.213. The molecule has 2 amide bonds. The van der Waals surface area contributed by atoms with Crippen molar-refractivity contribution in [3.8, 4) is 5.75 Å². The normalized spacial score (nSPS) is 10.1. The first-order valence-electron chi connectivity index (χ1n) is 6.65. The molecule has 21 heavy (non-hydrogen) atoms. The maximum atomic E-state index is 12.6. The van der Waals surface area contributed by atoms with Crippen LogP contribution >= 0.6 is 11.6 Å². The minimum atomic E-state index is -0.384. The zero-order valence-electron chi connectivity index (χ0n) is 12.7. The Morgan fingerprint density at radius 2 is 1.95 bits per heavy atom. The summed E-state index contributed by atoms with van der Waals surface area (Å²) in [5.74, 6) is 0.0426. The quantitative estimate of drug-likeness (QED) is 0.662. The molecule has 0 radical (unpaired) electrons. The molecule has 0 heterocycles. The molecule has 0 fully saturated rings. The van der Waals surface area contributed by atoms with E-state index in [4.69, 9.17) is 27.5 Å². The highest BCUT2D eigenvalue weighted by Crippen LogP contribution is 2.37. The Hall–Kier alpha value is -1.95. The highest BCUT2D eigenvalue weighted by atomic mass is 35.5. The number of aryl methyl sites for hydroxylation is 1. The van der Waals surface area contributed by atoms with Crippen molar-refractivity contribution in [2.24, 2.45) is 5.73 Å². The number of hydrogen-bond donors (Lipinski definition) is 2. The van der Waals surface area contributed by atoms with Gasteiger partial charge in [0.05, 0.1) is 12.8 Å². The summed E-state index contributed by atoms with van der Waals surface area (Å²) in [4.78, 5) is 15.3. The van der Waals surface area contributed by atoms with Crippen LogP contribution in [0, 0.1) is 12.3 Å². The second-order valence-corrected chi connectivity index (χ2v) is 4.80. The topological polar surface area (TPSA) is 82.7 Å². The summed E-state index contributed by atoms with van der Waals surface area (Å²) >= 11 is 6.30. The van der Waals surface area contributed by atoms with Gasteiger partial charge in [-0.25, -0.2) is 9.69 Å². The monoisotopic (exact) mass is 312 g/mol. The summed E-state index contributed by atoms with van der Waals surface area (Å²) in [6.45, 7) is 6.55. The van der Waals surface area contributed by atoms with Crippen molar-refractivity contribution in [1.29, 1.82) is 5.41 Å².